The zero-order valence-corrected chi connectivity index (χ0v) is 9.35. The number of carbonyl (C=O) groups is 2. The molecule has 1 aliphatic rings. The van der Waals surface area contributed by atoms with Gasteiger partial charge in [0, 0.05) is 0 Å². The van der Waals surface area contributed by atoms with Crippen molar-refractivity contribution >= 4 is 11.8 Å². The van der Waals surface area contributed by atoms with Gasteiger partial charge in [0.15, 0.2) is 0 Å². The molecule has 18 heavy (non-hydrogen) atoms. The van der Waals surface area contributed by atoms with Gasteiger partial charge in [0.1, 0.15) is 25.1 Å². The fourth-order valence-electron chi connectivity index (χ4n) is 1.64. The summed E-state index contributed by atoms with van der Waals surface area (Å²) in [4.78, 5) is 24.0. The second-order valence-corrected chi connectivity index (χ2v) is 3.79. The lowest BCUT2D eigenvalue weighted by Gasteiger charge is -2.24. The number of imide groups is 1. The smallest absolute Gasteiger partial charge is 0.255 e. The topological polar surface area (TPSA) is 70.4 Å². The van der Waals surface area contributed by atoms with Gasteiger partial charge in [-0.2, -0.15) is 5.26 Å². The van der Waals surface area contributed by atoms with Crippen LogP contribution in [0.25, 0.3) is 0 Å². The minimum absolute atomic E-state index is 0.0238. The monoisotopic (exact) mass is 248 g/mol. The number of ether oxygens (including phenoxy) is 1. The van der Waals surface area contributed by atoms with E-state index in [1.807, 2.05) is 0 Å². The third-order valence-electron chi connectivity index (χ3n) is 2.55. The van der Waals surface area contributed by atoms with E-state index in [2.05, 4.69) is 0 Å². The van der Waals surface area contributed by atoms with E-state index in [9.17, 15) is 14.0 Å². The highest BCUT2D eigenvalue weighted by Gasteiger charge is 2.26. The van der Waals surface area contributed by atoms with Crippen molar-refractivity contribution < 1.29 is 18.7 Å². The van der Waals surface area contributed by atoms with Crippen LogP contribution in [0.3, 0.4) is 0 Å². The molecule has 0 saturated carbocycles. The Morgan fingerprint density at radius 3 is 2.61 bits per heavy atom. The first-order valence-corrected chi connectivity index (χ1v) is 5.21. The highest BCUT2D eigenvalue weighted by atomic mass is 19.1. The predicted octanol–water partition coefficient (Wildman–Crippen LogP) is 0.583. The van der Waals surface area contributed by atoms with Crippen molar-refractivity contribution in [1.82, 2.24) is 4.90 Å². The van der Waals surface area contributed by atoms with Crippen molar-refractivity contribution in [3.63, 3.8) is 0 Å². The molecule has 0 unspecified atom stereocenters. The van der Waals surface area contributed by atoms with Gasteiger partial charge in [-0.3, -0.25) is 14.5 Å². The zero-order chi connectivity index (χ0) is 13.1. The van der Waals surface area contributed by atoms with Crippen LogP contribution >= 0.6 is 0 Å². The Kier molecular flexibility index (Phi) is 3.35. The Balaban J connectivity index is 2.21. The number of nitriles is 1. The van der Waals surface area contributed by atoms with Crippen molar-refractivity contribution in [2.24, 2.45) is 0 Å². The van der Waals surface area contributed by atoms with E-state index in [0.717, 1.165) is 11.0 Å². The summed E-state index contributed by atoms with van der Waals surface area (Å²) in [7, 11) is 0. The first-order valence-electron chi connectivity index (χ1n) is 5.21. The third-order valence-corrected chi connectivity index (χ3v) is 2.55. The van der Waals surface area contributed by atoms with Crippen LogP contribution < -0.4 is 0 Å². The number of carbonyl (C=O) groups excluding carboxylic acids is 2. The first kappa shape index (κ1) is 12.2. The quantitative estimate of drug-likeness (QED) is 0.718. The summed E-state index contributed by atoms with van der Waals surface area (Å²) >= 11 is 0. The van der Waals surface area contributed by atoms with E-state index in [1.165, 1.54) is 12.1 Å². The van der Waals surface area contributed by atoms with E-state index >= 15 is 0 Å². The van der Waals surface area contributed by atoms with Crippen LogP contribution in [0.15, 0.2) is 18.2 Å². The molecule has 0 N–H and O–H groups in total. The number of rotatable bonds is 2. The molecule has 2 rings (SSSR count). The lowest BCUT2D eigenvalue weighted by atomic mass is 10.1. The minimum Gasteiger partial charge on any atom is -0.362 e. The summed E-state index contributed by atoms with van der Waals surface area (Å²) in [5.74, 6) is -1.50. The van der Waals surface area contributed by atoms with Crippen LogP contribution in [-0.2, 0) is 20.9 Å². The average Bonchev–Trinajstić information content (AvgIpc) is 2.36. The average molecular weight is 248 g/mol. The molecular formula is C12H9FN2O3. The fourth-order valence-corrected chi connectivity index (χ4v) is 1.64. The van der Waals surface area contributed by atoms with Gasteiger partial charge >= 0.3 is 0 Å². The van der Waals surface area contributed by atoms with E-state index in [-0.39, 0.29) is 25.3 Å². The number of nitrogens with zero attached hydrogens (tertiary/aromatic N) is 2. The van der Waals surface area contributed by atoms with Crippen molar-refractivity contribution in [3.05, 3.63) is 35.1 Å². The maximum atomic E-state index is 13.1. The largest absolute Gasteiger partial charge is 0.362 e. The molecule has 0 bridgehead atoms. The van der Waals surface area contributed by atoms with Gasteiger partial charge in [0.05, 0.1) is 12.1 Å². The second kappa shape index (κ2) is 4.94. The molecule has 1 aromatic carbocycles. The Hall–Kier alpha value is -2.26. The van der Waals surface area contributed by atoms with Crippen LogP contribution in [0.5, 0.6) is 0 Å². The Morgan fingerprint density at radius 1 is 1.33 bits per heavy atom. The molecule has 6 heteroatoms. The summed E-state index contributed by atoms with van der Waals surface area (Å²) in [6.45, 7) is -0.258. The minimum atomic E-state index is -0.624. The highest BCUT2D eigenvalue weighted by Crippen LogP contribution is 2.13. The summed E-state index contributed by atoms with van der Waals surface area (Å²) in [6.07, 6.45) is 0. The Bertz CT molecular complexity index is 535. The van der Waals surface area contributed by atoms with Gasteiger partial charge < -0.3 is 4.74 Å². The lowest BCUT2D eigenvalue weighted by molar-refractivity contribution is -0.159. The molecular weight excluding hydrogens is 239 g/mol. The van der Waals surface area contributed by atoms with Crippen molar-refractivity contribution in [2.45, 2.75) is 6.54 Å². The number of hydrogen-bond donors (Lipinski definition) is 0. The molecule has 2 amide bonds. The summed E-state index contributed by atoms with van der Waals surface area (Å²) < 4.78 is 17.9. The van der Waals surface area contributed by atoms with Crippen molar-refractivity contribution in [2.75, 3.05) is 13.2 Å². The van der Waals surface area contributed by atoms with Gasteiger partial charge in [0.2, 0.25) is 0 Å². The van der Waals surface area contributed by atoms with E-state index in [1.54, 1.807) is 6.07 Å². The molecule has 1 saturated heterocycles. The van der Waals surface area contributed by atoms with Gasteiger partial charge in [-0.05, 0) is 17.7 Å². The van der Waals surface area contributed by atoms with Gasteiger partial charge in [-0.25, -0.2) is 4.39 Å². The summed E-state index contributed by atoms with van der Waals surface area (Å²) in [6, 6.07) is 5.61. The third kappa shape index (κ3) is 2.36. The van der Waals surface area contributed by atoms with Crippen LogP contribution in [0, 0.1) is 17.1 Å². The van der Waals surface area contributed by atoms with E-state index < -0.39 is 17.6 Å². The van der Waals surface area contributed by atoms with Crippen LogP contribution in [0.4, 0.5) is 4.39 Å². The van der Waals surface area contributed by atoms with E-state index in [0.29, 0.717) is 5.56 Å². The Morgan fingerprint density at radius 2 is 2.00 bits per heavy atom. The van der Waals surface area contributed by atoms with Crippen molar-refractivity contribution in [1.29, 1.82) is 5.26 Å². The summed E-state index contributed by atoms with van der Waals surface area (Å²) in [5.41, 5.74) is 0.414. The van der Waals surface area contributed by atoms with Gasteiger partial charge in [0.25, 0.3) is 11.8 Å². The first-order chi connectivity index (χ1) is 8.61. The lowest BCUT2D eigenvalue weighted by Crippen LogP contribution is -2.45. The maximum absolute atomic E-state index is 13.1. The molecule has 1 aliphatic heterocycles. The maximum Gasteiger partial charge on any atom is 0.255 e. The number of morpholine rings is 1. The predicted molar refractivity (Wildman–Crippen MR) is 57.5 cm³/mol. The van der Waals surface area contributed by atoms with Gasteiger partial charge in [-0.15, -0.1) is 0 Å². The molecule has 1 aromatic rings. The molecule has 5 nitrogen and oxygen atoms in total. The zero-order valence-electron chi connectivity index (χ0n) is 9.35. The number of halogens is 1. The van der Waals surface area contributed by atoms with E-state index in [4.69, 9.17) is 10.00 Å². The fraction of sp³-hybridized carbons (Fsp3) is 0.250. The SMILES string of the molecule is N#Cc1cc(CN2C(=O)COCC2=O)ccc1F. The second-order valence-electron chi connectivity index (χ2n) is 3.79. The molecule has 1 fully saturated rings. The van der Waals surface area contributed by atoms with Gasteiger partial charge in [-0.1, -0.05) is 6.07 Å². The standard InChI is InChI=1S/C12H9FN2O3/c13-10-2-1-8(3-9(10)4-14)5-15-11(16)6-18-7-12(15)17/h1-3H,5-7H2. The molecule has 1 heterocycles. The normalized spacial score (nSPS) is 15.7. The van der Waals surface area contributed by atoms with Crippen LogP contribution in [0.2, 0.25) is 0 Å². The number of benzene rings is 1. The molecule has 0 aromatic heterocycles. The molecule has 0 spiro atoms. The van der Waals surface area contributed by atoms with Crippen LogP contribution in [-0.4, -0.2) is 29.9 Å². The Labute approximate surface area is 102 Å². The summed E-state index contributed by atoms with van der Waals surface area (Å²) in [5, 5.41) is 8.70. The molecule has 0 atom stereocenters. The molecule has 0 aliphatic carbocycles. The number of amides is 2. The highest BCUT2D eigenvalue weighted by molar-refractivity contribution is 5.98. The van der Waals surface area contributed by atoms with Crippen molar-refractivity contribution in [3.8, 4) is 6.07 Å². The van der Waals surface area contributed by atoms with Crippen LogP contribution in [0.1, 0.15) is 11.1 Å². The number of hydrogen-bond acceptors (Lipinski definition) is 4. The molecule has 92 valence electrons. The molecule has 0 radical (unpaired) electrons.